The van der Waals surface area contributed by atoms with Gasteiger partial charge in [0, 0.05) is 6.08 Å². The van der Waals surface area contributed by atoms with Crippen LogP contribution in [0.15, 0.2) is 36.9 Å². The van der Waals surface area contributed by atoms with E-state index in [1.54, 1.807) is 12.1 Å². The zero-order valence-electron chi connectivity index (χ0n) is 8.82. The lowest BCUT2D eigenvalue weighted by atomic mass is 9.96. The smallest absolute Gasteiger partial charge is 0.346 e. The van der Waals surface area contributed by atoms with Gasteiger partial charge < -0.3 is 4.74 Å². The number of ether oxygens (including phenoxy) is 1. The topological polar surface area (TPSA) is 43.4 Å². The first kappa shape index (κ1) is 10.4. The highest BCUT2D eigenvalue weighted by Crippen LogP contribution is 2.27. The predicted molar refractivity (Wildman–Crippen MR) is 60.2 cm³/mol. The summed E-state index contributed by atoms with van der Waals surface area (Å²) < 4.78 is 4.46. The molecule has 0 radical (unpaired) electrons. The minimum atomic E-state index is -0.614. The van der Waals surface area contributed by atoms with Crippen LogP contribution in [0.3, 0.4) is 0 Å². The molecule has 0 aromatic heterocycles. The Morgan fingerprint density at radius 2 is 1.94 bits per heavy atom. The number of cyclic esters (lactones) is 2. The van der Waals surface area contributed by atoms with Crippen LogP contribution in [0.2, 0.25) is 0 Å². The Morgan fingerprint density at radius 1 is 1.25 bits per heavy atom. The number of carbonyl (C=O) groups is 2. The van der Waals surface area contributed by atoms with E-state index in [1.165, 1.54) is 6.08 Å². The molecule has 16 heavy (non-hydrogen) atoms. The molecule has 2 rings (SSSR count). The molecule has 0 spiro atoms. The Hall–Kier alpha value is -2.16. The summed E-state index contributed by atoms with van der Waals surface area (Å²) in [5, 5.41) is 0. The van der Waals surface area contributed by atoms with Crippen molar-refractivity contribution < 1.29 is 14.3 Å². The fourth-order valence-electron chi connectivity index (χ4n) is 1.63. The molecule has 0 bridgehead atoms. The van der Waals surface area contributed by atoms with Crippen molar-refractivity contribution in [3.8, 4) is 0 Å². The molecule has 0 amide bonds. The van der Waals surface area contributed by atoms with Crippen molar-refractivity contribution in [2.24, 2.45) is 0 Å². The molecule has 1 aromatic rings. The van der Waals surface area contributed by atoms with Crippen LogP contribution < -0.4 is 0 Å². The number of hydrogen-bond donors (Lipinski definition) is 0. The van der Waals surface area contributed by atoms with Crippen LogP contribution in [0.4, 0.5) is 0 Å². The summed E-state index contributed by atoms with van der Waals surface area (Å²) in [5.74, 6) is -1.21. The summed E-state index contributed by atoms with van der Waals surface area (Å²) in [5.41, 5.74) is 2.67. The molecule has 0 saturated carbocycles. The third-order valence-electron chi connectivity index (χ3n) is 2.35. The van der Waals surface area contributed by atoms with E-state index in [4.69, 9.17) is 0 Å². The number of esters is 2. The number of hydrogen-bond acceptors (Lipinski definition) is 3. The highest BCUT2D eigenvalue weighted by atomic mass is 16.6. The van der Waals surface area contributed by atoms with E-state index in [2.05, 4.69) is 11.3 Å². The molecule has 1 aliphatic heterocycles. The average Bonchev–Trinajstić information content (AvgIpc) is 2.57. The molecule has 3 nitrogen and oxygen atoms in total. The van der Waals surface area contributed by atoms with Gasteiger partial charge in [-0.05, 0) is 18.1 Å². The Kier molecular flexibility index (Phi) is 2.44. The fraction of sp³-hybridized carbons (Fsp3) is 0.0769. The number of allylic oxidation sites excluding steroid dienone is 1. The maximum absolute atomic E-state index is 11.4. The van der Waals surface area contributed by atoms with Gasteiger partial charge in [0.05, 0.1) is 5.57 Å². The lowest BCUT2D eigenvalue weighted by Gasteiger charge is -2.07. The van der Waals surface area contributed by atoms with E-state index in [0.29, 0.717) is 11.1 Å². The number of carbonyl (C=O) groups excluding carboxylic acids is 2. The van der Waals surface area contributed by atoms with Crippen LogP contribution in [0.5, 0.6) is 0 Å². The van der Waals surface area contributed by atoms with Crippen LogP contribution in [0.1, 0.15) is 18.1 Å². The van der Waals surface area contributed by atoms with Gasteiger partial charge in [-0.2, -0.15) is 0 Å². The Labute approximate surface area is 93.0 Å². The Bertz CT molecular complexity index is 524. The van der Waals surface area contributed by atoms with Crippen molar-refractivity contribution in [2.75, 3.05) is 0 Å². The minimum Gasteiger partial charge on any atom is -0.386 e. The predicted octanol–water partition coefficient (Wildman–Crippen LogP) is 2.19. The first-order valence-corrected chi connectivity index (χ1v) is 4.82. The molecule has 0 fully saturated rings. The number of benzene rings is 1. The molecule has 0 atom stereocenters. The van der Waals surface area contributed by atoms with Gasteiger partial charge in [0.15, 0.2) is 0 Å². The quantitative estimate of drug-likeness (QED) is 0.559. The fourth-order valence-corrected chi connectivity index (χ4v) is 1.63. The van der Waals surface area contributed by atoms with E-state index in [1.807, 2.05) is 19.1 Å². The maximum atomic E-state index is 11.4. The summed E-state index contributed by atoms with van der Waals surface area (Å²) in [4.78, 5) is 22.4. The Balaban J connectivity index is 2.57. The summed E-state index contributed by atoms with van der Waals surface area (Å²) in [6, 6.07) is 7.29. The lowest BCUT2D eigenvalue weighted by Crippen LogP contribution is -2.02. The normalized spacial score (nSPS) is 14.7. The van der Waals surface area contributed by atoms with Crippen molar-refractivity contribution in [1.82, 2.24) is 0 Å². The monoisotopic (exact) mass is 214 g/mol. The lowest BCUT2D eigenvalue weighted by molar-refractivity contribution is -0.149. The summed E-state index contributed by atoms with van der Waals surface area (Å²) in [6.07, 6.45) is 1.21. The molecular formula is C13H10O3. The van der Waals surface area contributed by atoms with Gasteiger partial charge in [0.25, 0.3) is 0 Å². The maximum Gasteiger partial charge on any atom is 0.346 e. The van der Waals surface area contributed by atoms with E-state index in [9.17, 15) is 9.59 Å². The molecule has 1 heterocycles. The molecule has 0 aliphatic carbocycles. The van der Waals surface area contributed by atoms with Crippen LogP contribution >= 0.6 is 0 Å². The first-order chi connectivity index (χ1) is 7.59. The van der Waals surface area contributed by atoms with Crippen LogP contribution in [0, 0.1) is 0 Å². The van der Waals surface area contributed by atoms with Crippen molar-refractivity contribution >= 4 is 23.1 Å². The van der Waals surface area contributed by atoms with Crippen LogP contribution in [-0.4, -0.2) is 11.9 Å². The molecule has 80 valence electrons. The SMILES string of the molecule is C=C(C)c1ccccc1C1=CC(=O)OC1=O. The highest BCUT2D eigenvalue weighted by Gasteiger charge is 2.26. The van der Waals surface area contributed by atoms with E-state index >= 15 is 0 Å². The van der Waals surface area contributed by atoms with Crippen molar-refractivity contribution in [3.63, 3.8) is 0 Å². The van der Waals surface area contributed by atoms with Gasteiger partial charge in [-0.25, -0.2) is 9.59 Å². The first-order valence-electron chi connectivity index (χ1n) is 4.82. The molecular weight excluding hydrogens is 204 g/mol. The van der Waals surface area contributed by atoms with E-state index in [-0.39, 0.29) is 0 Å². The zero-order chi connectivity index (χ0) is 11.7. The molecule has 1 aliphatic rings. The highest BCUT2D eigenvalue weighted by molar-refractivity contribution is 6.28. The molecule has 3 heteroatoms. The molecule has 0 unspecified atom stereocenters. The van der Waals surface area contributed by atoms with Gasteiger partial charge in [-0.3, -0.25) is 0 Å². The minimum absolute atomic E-state index is 0.295. The number of rotatable bonds is 2. The summed E-state index contributed by atoms with van der Waals surface area (Å²) in [6.45, 7) is 5.69. The largest absolute Gasteiger partial charge is 0.386 e. The molecule has 0 N–H and O–H groups in total. The van der Waals surface area contributed by atoms with Crippen molar-refractivity contribution in [1.29, 1.82) is 0 Å². The van der Waals surface area contributed by atoms with Gasteiger partial charge in [0.1, 0.15) is 0 Å². The Morgan fingerprint density at radius 3 is 2.50 bits per heavy atom. The van der Waals surface area contributed by atoms with Crippen LogP contribution in [0.25, 0.3) is 11.1 Å². The standard InChI is InChI=1S/C13H10O3/c1-8(2)9-5-3-4-6-10(9)11-7-12(14)16-13(11)15/h3-7H,1H2,2H3. The van der Waals surface area contributed by atoms with Crippen molar-refractivity contribution in [2.45, 2.75) is 6.92 Å². The van der Waals surface area contributed by atoms with Crippen molar-refractivity contribution in [3.05, 3.63) is 48.0 Å². The van der Waals surface area contributed by atoms with Gasteiger partial charge in [-0.15, -0.1) is 0 Å². The third-order valence-corrected chi connectivity index (χ3v) is 2.35. The second-order valence-electron chi connectivity index (χ2n) is 3.59. The van der Waals surface area contributed by atoms with Crippen LogP contribution in [-0.2, 0) is 14.3 Å². The summed E-state index contributed by atoms with van der Waals surface area (Å²) >= 11 is 0. The second kappa shape index (κ2) is 3.77. The molecule has 0 saturated heterocycles. The zero-order valence-corrected chi connectivity index (χ0v) is 8.82. The van der Waals surface area contributed by atoms with Gasteiger partial charge in [-0.1, -0.05) is 36.4 Å². The second-order valence-corrected chi connectivity index (χ2v) is 3.59. The van der Waals surface area contributed by atoms with Gasteiger partial charge in [0.2, 0.25) is 0 Å². The summed E-state index contributed by atoms with van der Waals surface area (Å²) in [7, 11) is 0. The van der Waals surface area contributed by atoms with E-state index in [0.717, 1.165) is 11.1 Å². The molecule has 1 aromatic carbocycles. The average molecular weight is 214 g/mol. The van der Waals surface area contributed by atoms with E-state index < -0.39 is 11.9 Å². The van der Waals surface area contributed by atoms with Gasteiger partial charge >= 0.3 is 11.9 Å². The third kappa shape index (κ3) is 1.67.